The lowest BCUT2D eigenvalue weighted by Gasteiger charge is -2.24. The van der Waals surface area contributed by atoms with Gasteiger partial charge in [-0.2, -0.15) is 0 Å². The van der Waals surface area contributed by atoms with E-state index in [-0.39, 0.29) is 18.1 Å². The van der Waals surface area contributed by atoms with Crippen LogP contribution in [0.25, 0.3) is 0 Å². The van der Waals surface area contributed by atoms with Crippen LogP contribution in [0.3, 0.4) is 0 Å². The van der Waals surface area contributed by atoms with Crippen molar-refractivity contribution in [2.45, 2.75) is 25.6 Å². The Morgan fingerprint density at radius 1 is 1.76 bits per heavy atom. The Bertz CT molecular complexity index is 346. The lowest BCUT2D eigenvalue weighted by atomic mass is 10.2. The van der Waals surface area contributed by atoms with E-state index >= 15 is 0 Å². The van der Waals surface area contributed by atoms with Crippen LogP contribution in [0.15, 0.2) is 18.7 Å². The number of morpholine rings is 1. The molecule has 2 atom stereocenters. The molecule has 2 unspecified atom stereocenters. The Morgan fingerprint density at radius 3 is 3.29 bits per heavy atom. The van der Waals surface area contributed by atoms with E-state index in [4.69, 9.17) is 4.74 Å². The van der Waals surface area contributed by atoms with Gasteiger partial charge in [0.25, 0.3) is 5.91 Å². The van der Waals surface area contributed by atoms with E-state index in [0.717, 1.165) is 6.54 Å². The molecule has 6 heteroatoms. The molecule has 1 aliphatic heterocycles. The molecular formula is C11H18N4O2. The van der Waals surface area contributed by atoms with Gasteiger partial charge in [-0.3, -0.25) is 4.79 Å². The summed E-state index contributed by atoms with van der Waals surface area (Å²) in [5, 5.41) is 6.07. The van der Waals surface area contributed by atoms with E-state index in [2.05, 4.69) is 15.6 Å². The number of carbonyl (C=O) groups excluding carboxylic acids is 1. The van der Waals surface area contributed by atoms with E-state index in [1.54, 1.807) is 12.5 Å². The molecule has 1 fully saturated rings. The molecule has 17 heavy (non-hydrogen) atoms. The number of nitrogens with one attached hydrogen (secondary N) is 2. The Hall–Kier alpha value is -1.40. The fraction of sp³-hybridized carbons (Fsp3) is 0.636. The molecule has 2 heterocycles. The maximum Gasteiger partial charge on any atom is 0.250 e. The second kappa shape index (κ2) is 5.79. The molecule has 1 aromatic heterocycles. The second-order valence-corrected chi connectivity index (χ2v) is 4.23. The summed E-state index contributed by atoms with van der Waals surface area (Å²) in [5.74, 6) is -0.0511. The van der Waals surface area contributed by atoms with Crippen LogP contribution in [0.2, 0.25) is 0 Å². The van der Waals surface area contributed by atoms with Crippen molar-refractivity contribution in [3.63, 3.8) is 0 Å². The minimum atomic E-state index is -0.367. The lowest BCUT2D eigenvalue weighted by molar-refractivity contribution is -0.134. The first-order valence-corrected chi connectivity index (χ1v) is 5.84. The monoisotopic (exact) mass is 238 g/mol. The van der Waals surface area contributed by atoms with Crippen LogP contribution in [0, 0.1) is 0 Å². The Balaban J connectivity index is 1.77. The standard InChI is InChI=1S/C11H18N4O2/c1-9(7-15-4-2-13-8-15)14-11(16)10-6-12-3-5-17-10/h2,4,8-10,12H,3,5-7H2,1H3,(H,14,16). The van der Waals surface area contributed by atoms with Crippen LogP contribution in [0.1, 0.15) is 6.92 Å². The van der Waals surface area contributed by atoms with Crippen molar-refractivity contribution in [3.8, 4) is 0 Å². The number of hydrogen-bond acceptors (Lipinski definition) is 4. The van der Waals surface area contributed by atoms with Crippen LogP contribution in [-0.2, 0) is 16.1 Å². The van der Waals surface area contributed by atoms with Gasteiger partial charge in [-0.25, -0.2) is 4.98 Å². The van der Waals surface area contributed by atoms with Crippen molar-refractivity contribution < 1.29 is 9.53 Å². The maximum atomic E-state index is 11.8. The minimum absolute atomic E-state index is 0.0511. The van der Waals surface area contributed by atoms with Crippen LogP contribution in [0.4, 0.5) is 0 Å². The van der Waals surface area contributed by atoms with Gasteiger partial charge < -0.3 is 19.9 Å². The maximum absolute atomic E-state index is 11.8. The predicted octanol–water partition coefficient (Wildman–Crippen LogP) is -0.624. The zero-order valence-electron chi connectivity index (χ0n) is 9.93. The third-order valence-corrected chi connectivity index (χ3v) is 2.65. The summed E-state index contributed by atoms with van der Waals surface area (Å²) in [6, 6.07) is 0.0576. The lowest BCUT2D eigenvalue weighted by Crippen LogP contribution is -2.50. The number of carbonyl (C=O) groups is 1. The molecule has 1 aliphatic rings. The molecule has 1 saturated heterocycles. The Labute approximate surface area is 100 Å². The average molecular weight is 238 g/mol. The molecule has 1 amide bonds. The minimum Gasteiger partial charge on any atom is -0.366 e. The topological polar surface area (TPSA) is 68.2 Å². The molecule has 0 saturated carbocycles. The summed E-state index contributed by atoms with van der Waals surface area (Å²) in [6.07, 6.45) is 4.97. The van der Waals surface area contributed by atoms with Gasteiger partial charge in [0.15, 0.2) is 0 Å². The third kappa shape index (κ3) is 3.54. The van der Waals surface area contributed by atoms with E-state index in [0.29, 0.717) is 19.7 Å². The molecule has 0 aromatic carbocycles. The summed E-state index contributed by atoms with van der Waals surface area (Å²) in [6.45, 7) is 4.67. The smallest absolute Gasteiger partial charge is 0.250 e. The first-order valence-electron chi connectivity index (χ1n) is 5.84. The molecule has 0 radical (unpaired) electrons. The highest BCUT2D eigenvalue weighted by Crippen LogP contribution is 1.98. The molecule has 0 spiro atoms. The van der Waals surface area contributed by atoms with Gasteiger partial charge in [0.2, 0.25) is 0 Å². The number of imidazole rings is 1. The van der Waals surface area contributed by atoms with Gasteiger partial charge in [0.1, 0.15) is 6.10 Å². The van der Waals surface area contributed by atoms with Gasteiger partial charge >= 0.3 is 0 Å². The molecule has 2 rings (SSSR count). The summed E-state index contributed by atoms with van der Waals surface area (Å²) in [7, 11) is 0. The van der Waals surface area contributed by atoms with Gasteiger partial charge in [0.05, 0.1) is 12.9 Å². The van der Waals surface area contributed by atoms with Crippen molar-refractivity contribution >= 4 is 5.91 Å². The number of amides is 1. The summed E-state index contributed by atoms with van der Waals surface area (Å²) in [5.41, 5.74) is 0. The van der Waals surface area contributed by atoms with Gasteiger partial charge in [-0.05, 0) is 6.92 Å². The van der Waals surface area contributed by atoms with Crippen LogP contribution in [0.5, 0.6) is 0 Å². The highest BCUT2D eigenvalue weighted by molar-refractivity contribution is 5.81. The zero-order chi connectivity index (χ0) is 12.1. The predicted molar refractivity (Wildman–Crippen MR) is 62.4 cm³/mol. The summed E-state index contributed by atoms with van der Waals surface area (Å²) < 4.78 is 7.32. The molecule has 1 aromatic rings. The average Bonchev–Trinajstić information content (AvgIpc) is 2.82. The van der Waals surface area contributed by atoms with Crippen molar-refractivity contribution in [3.05, 3.63) is 18.7 Å². The van der Waals surface area contributed by atoms with Crippen molar-refractivity contribution in [1.82, 2.24) is 20.2 Å². The number of hydrogen-bond donors (Lipinski definition) is 2. The quantitative estimate of drug-likeness (QED) is 0.733. The van der Waals surface area contributed by atoms with E-state index < -0.39 is 0 Å². The first-order chi connectivity index (χ1) is 8.25. The number of rotatable bonds is 4. The van der Waals surface area contributed by atoms with Gasteiger partial charge in [-0.15, -0.1) is 0 Å². The molecule has 0 aliphatic carbocycles. The summed E-state index contributed by atoms with van der Waals surface area (Å²) >= 11 is 0. The number of ether oxygens (including phenoxy) is 1. The van der Waals surface area contributed by atoms with Gasteiger partial charge in [-0.1, -0.05) is 0 Å². The zero-order valence-corrected chi connectivity index (χ0v) is 9.93. The highest BCUT2D eigenvalue weighted by atomic mass is 16.5. The molecular weight excluding hydrogens is 220 g/mol. The second-order valence-electron chi connectivity index (χ2n) is 4.23. The van der Waals surface area contributed by atoms with E-state index in [9.17, 15) is 4.79 Å². The van der Waals surface area contributed by atoms with E-state index in [1.807, 2.05) is 17.7 Å². The fourth-order valence-corrected chi connectivity index (χ4v) is 1.83. The SMILES string of the molecule is CC(Cn1ccnc1)NC(=O)C1CNCCO1. The molecule has 6 nitrogen and oxygen atoms in total. The van der Waals surface area contributed by atoms with E-state index in [1.165, 1.54) is 0 Å². The summed E-state index contributed by atoms with van der Waals surface area (Å²) in [4.78, 5) is 15.8. The first kappa shape index (κ1) is 12.1. The van der Waals surface area contributed by atoms with Crippen LogP contribution >= 0.6 is 0 Å². The van der Waals surface area contributed by atoms with Crippen molar-refractivity contribution in [1.29, 1.82) is 0 Å². The normalized spacial score (nSPS) is 22.1. The molecule has 0 bridgehead atoms. The Kier molecular flexibility index (Phi) is 4.11. The van der Waals surface area contributed by atoms with Crippen molar-refractivity contribution in [2.75, 3.05) is 19.7 Å². The largest absolute Gasteiger partial charge is 0.366 e. The highest BCUT2D eigenvalue weighted by Gasteiger charge is 2.22. The number of nitrogens with zero attached hydrogens (tertiary/aromatic N) is 2. The van der Waals surface area contributed by atoms with Crippen LogP contribution in [-0.4, -0.2) is 47.3 Å². The Morgan fingerprint density at radius 2 is 2.65 bits per heavy atom. The molecule has 94 valence electrons. The fourth-order valence-electron chi connectivity index (χ4n) is 1.83. The third-order valence-electron chi connectivity index (χ3n) is 2.65. The van der Waals surface area contributed by atoms with Crippen molar-refractivity contribution in [2.24, 2.45) is 0 Å². The molecule has 2 N–H and O–H groups in total. The van der Waals surface area contributed by atoms with Gasteiger partial charge in [0, 0.05) is 38.1 Å². The number of aromatic nitrogens is 2. The van der Waals surface area contributed by atoms with Crippen LogP contribution < -0.4 is 10.6 Å².